The molecule has 0 aliphatic heterocycles. The standard InChI is InChI=1S/C23H33N5O8/c1-10(29)17(24)21(33)26-16(8-13-9-25-15-7-5-4-6-14(13)15)20(32)27-18(11(2)30)22(34)28-19(12(3)31)23(35)36/h4-7,9-12,16-19,25,29-31H,8,24H2,1-3H3,(H,26,33)(H,27,32)(H,28,34)(H,35,36). The molecule has 1 aromatic heterocycles. The number of carbonyl (C=O) groups excluding carboxylic acids is 3. The van der Waals surface area contributed by atoms with Gasteiger partial charge in [0.05, 0.1) is 18.3 Å². The van der Waals surface area contributed by atoms with Gasteiger partial charge in [0.15, 0.2) is 6.04 Å². The zero-order valence-electron chi connectivity index (χ0n) is 20.1. The fourth-order valence-corrected chi connectivity index (χ4v) is 3.51. The van der Waals surface area contributed by atoms with E-state index in [9.17, 15) is 39.6 Å². The van der Waals surface area contributed by atoms with Gasteiger partial charge in [-0.3, -0.25) is 14.4 Å². The normalized spacial score (nSPS) is 17.2. The largest absolute Gasteiger partial charge is 0.480 e. The summed E-state index contributed by atoms with van der Waals surface area (Å²) in [6.07, 6.45) is -2.49. The van der Waals surface area contributed by atoms with Gasteiger partial charge in [0.2, 0.25) is 17.7 Å². The highest BCUT2D eigenvalue weighted by Crippen LogP contribution is 2.19. The minimum atomic E-state index is -1.68. The third-order valence-electron chi connectivity index (χ3n) is 5.66. The fourth-order valence-electron chi connectivity index (χ4n) is 3.51. The maximum absolute atomic E-state index is 13.2. The van der Waals surface area contributed by atoms with Crippen LogP contribution in [0.1, 0.15) is 26.3 Å². The monoisotopic (exact) mass is 507 g/mol. The number of carbonyl (C=O) groups is 4. The second kappa shape index (κ2) is 12.4. The topological polar surface area (TPSA) is 227 Å². The van der Waals surface area contributed by atoms with Gasteiger partial charge in [0.25, 0.3) is 0 Å². The number of amides is 3. The molecule has 0 spiro atoms. The smallest absolute Gasteiger partial charge is 0.328 e. The van der Waals surface area contributed by atoms with Crippen molar-refractivity contribution >= 4 is 34.6 Å². The fraction of sp³-hybridized carbons (Fsp3) is 0.478. The van der Waals surface area contributed by atoms with Gasteiger partial charge < -0.3 is 47.1 Å². The Bertz CT molecular complexity index is 1080. The molecule has 36 heavy (non-hydrogen) atoms. The molecule has 13 heteroatoms. The van der Waals surface area contributed by atoms with Gasteiger partial charge in [-0.1, -0.05) is 18.2 Å². The minimum absolute atomic E-state index is 0.0340. The molecule has 0 bridgehead atoms. The molecule has 2 aromatic rings. The minimum Gasteiger partial charge on any atom is -0.480 e. The Morgan fingerprint density at radius 1 is 0.861 bits per heavy atom. The molecule has 0 aliphatic carbocycles. The van der Waals surface area contributed by atoms with Crippen molar-refractivity contribution in [1.82, 2.24) is 20.9 Å². The number of aliphatic carboxylic acids is 1. The van der Waals surface area contributed by atoms with Crippen molar-refractivity contribution in [2.24, 2.45) is 5.73 Å². The number of rotatable bonds is 12. The number of carboxylic acid groups (broad SMARTS) is 1. The first-order chi connectivity index (χ1) is 16.8. The molecule has 13 nitrogen and oxygen atoms in total. The van der Waals surface area contributed by atoms with Crippen molar-refractivity contribution in [3.8, 4) is 0 Å². The number of aliphatic hydroxyl groups is 3. The number of hydrogen-bond acceptors (Lipinski definition) is 8. The first-order valence-corrected chi connectivity index (χ1v) is 11.3. The van der Waals surface area contributed by atoms with Crippen molar-refractivity contribution in [1.29, 1.82) is 0 Å². The summed E-state index contributed by atoms with van der Waals surface area (Å²) in [6, 6.07) is 1.36. The van der Waals surface area contributed by atoms with Crippen molar-refractivity contribution in [2.45, 2.75) is 69.7 Å². The van der Waals surface area contributed by atoms with Crippen LogP contribution in [0.4, 0.5) is 0 Å². The molecule has 7 atom stereocenters. The van der Waals surface area contributed by atoms with E-state index in [0.717, 1.165) is 17.8 Å². The van der Waals surface area contributed by atoms with Crippen molar-refractivity contribution in [3.05, 3.63) is 36.0 Å². The average Bonchev–Trinajstić information content (AvgIpc) is 3.21. The predicted octanol–water partition coefficient (Wildman–Crippen LogP) is -2.28. The van der Waals surface area contributed by atoms with Gasteiger partial charge in [-0.05, 0) is 32.4 Å². The predicted molar refractivity (Wildman–Crippen MR) is 128 cm³/mol. The van der Waals surface area contributed by atoms with Crippen LogP contribution in [0, 0.1) is 0 Å². The average molecular weight is 508 g/mol. The number of carboxylic acids is 1. The molecule has 0 saturated carbocycles. The number of aromatic nitrogens is 1. The number of benzene rings is 1. The lowest BCUT2D eigenvalue weighted by Gasteiger charge is -2.27. The van der Waals surface area contributed by atoms with E-state index in [0.29, 0.717) is 5.56 Å². The first-order valence-electron chi connectivity index (χ1n) is 11.3. The summed E-state index contributed by atoms with van der Waals surface area (Å²) in [6.45, 7) is 3.68. The van der Waals surface area contributed by atoms with Gasteiger partial charge in [-0.2, -0.15) is 0 Å². The maximum Gasteiger partial charge on any atom is 0.328 e. The summed E-state index contributed by atoms with van der Waals surface area (Å²) in [4.78, 5) is 52.8. The van der Waals surface area contributed by atoms with Crippen molar-refractivity contribution in [3.63, 3.8) is 0 Å². The molecule has 0 fully saturated rings. The quantitative estimate of drug-likeness (QED) is 0.150. The third kappa shape index (κ3) is 7.24. The Labute approximate surface area is 207 Å². The van der Waals surface area contributed by atoms with Crippen LogP contribution in [0.2, 0.25) is 0 Å². The number of H-pyrrole nitrogens is 1. The summed E-state index contributed by atoms with van der Waals surface area (Å²) < 4.78 is 0. The molecular weight excluding hydrogens is 474 g/mol. The van der Waals surface area contributed by atoms with Gasteiger partial charge in [-0.25, -0.2) is 4.79 Å². The lowest BCUT2D eigenvalue weighted by atomic mass is 10.0. The molecule has 7 unspecified atom stereocenters. The molecule has 1 aromatic carbocycles. The van der Waals surface area contributed by atoms with E-state index in [1.165, 1.54) is 13.8 Å². The second-order valence-electron chi connectivity index (χ2n) is 8.68. The van der Waals surface area contributed by atoms with Gasteiger partial charge in [0, 0.05) is 23.5 Å². The SMILES string of the molecule is CC(O)C(N)C(=O)NC(Cc1c[nH]c2ccccc12)C(=O)NC(C(=O)NC(C(=O)O)C(C)O)C(C)O. The number of nitrogens with two attached hydrogens (primary N) is 1. The van der Waals surface area contributed by atoms with Crippen LogP contribution in [0.3, 0.4) is 0 Å². The molecule has 198 valence electrons. The summed E-state index contributed by atoms with van der Waals surface area (Å²) in [7, 11) is 0. The van der Waals surface area contributed by atoms with E-state index in [1.54, 1.807) is 12.3 Å². The Balaban J connectivity index is 2.30. The highest BCUT2D eigenvalue weighted by atomic mass is 16.4. The molecule has 10 N–H and O–H groups in total. The summed E-state index contributed by atoms with van der Waals surface area (Å²) >= 11 is 0. The highest BCUT2D eigenvalue weighted by Gasteiger charge is 2.34. The Hall–Kier alpha value is -3.52. The van der Waals surface area contributed by atoms with Crippen LogP contribution in [0.25, 0.3) is 10.9 Å². The summed E-state index contributed by atoms with van der Waals surface area (Å²) in [5.74, 6) is -4.24. The van der Waals surface area contributed by atoms with E-state index in [1.807, 2.05) is 18.2 Å². The van der Waals surface area contributed by atoms with Crippen LogP contribution >= 0.6 is 0 Å². The zero-order chi connectivity index (χ0) is 27.2. The lowest BCUT2D eigenvalue weighted by Crippen LogP contribution is -2.61. The third-order valence-corrected chi connectivity index (χ3v) is 5.66. The van der Waals surface area contributed by atoms with E-state index in [-0.39, 0.29) is 6.42 Å². The van der Waals surface area contributed by atoms with Gasteiger partial charge >= 0.3 is 5.97 Å². The highest BCUT2D eigenvalue weighted by molar-refractivity contribution is 5.95. The van der Waals surface area contributed by atoms with Crippen molar-refractivity contribution in [2.75, 3.05) is 0 Å². The second-order valence-corrected chi connectivity index (χ2v) is 8.68. The maximum atomic E-state index is 13.2. The van der Waals surface area contributed by atoms with E-state index >= 15 is 0 Å². The number of aromatic amines is 1. The molecule has 2 rings (SSSR count). The van der Waals surface area contributed by atoms with Crippen LogP contribution in [-0.2, 0) is 25.6 Å². The van der Waals surface area contributed by atoms with E-state index in [2.05, 4.69) is 20.9 Å². The van der Waals surface area contributed by atoms with Gasteiger partial charge in [-0.15, -0.1) is 0 Å². The molecular formula is C23H33N5O8. The molecule has 3 amide bonds. The van der Waals surface area contributed by atoms with Crippen LogP contribution in [0.15, 0.2) is 30.5 Å². The zero-order valence-corrected chi connectivity index (χ0v) is 20.1. The number of fused-ring (bicyclic) bond motifs is 1. The molecule has 0 radical (unpaired) electrons. The first kappa shape index (κ1) is 28.7. The number of hydrogen-bond donors (Lipinski definition) is 9. The molecule has 0 aliphatic rings. The Morgan fingerprint density at radius 3 is 2.00 bits per heavy atom. The number of nitrogens with one attached hydrogen (secondary N) is 4. The van der Waals surface area contributed by atoms with Crippen LogP contribution in [-0.4, -0.2) is 91.6 Å². The van der Waals surface area contributed by atoms with Crippen LogP contribution < -0.4 is 21.7 Å². The number of aliphatic hydroxyl groups excluding tert-OH is 3. The summed E-state index contributed by atoms with van der Waals surface area (Å²) in [5.41, 5.74) is 7.15. The summed E-state index contributed by atoms with van der Waals surface area (Å²) in [5, 5.41) is 46.3. The van der Waals surface area contributed by atoms with Crippen LogP contribution in [0.5, 0.6) is 0 Å². The number of para-hydroxylation sites is 1. The van der Waals surface area contributed by atoms with Gasteiger partial charge in [0.1, 0.15) is 18.1 Å². The molecule has 1 heterocycles. The molecule has 0 saturated heterocycles. The van der Waals surface area contributed by atoms with Crippen molar-refractivity contribution < 1.29 is 39.6 Å². The Morgan fingerprint density at radius 2 is 1.44 bits per heavy atom. The van der Waals surface area contributed by atoms with E-state index < -0.39 is 66.2 Å². The lowest BCUT2D eigenvalue weighted by molar-refractivity contribution is -0.146. The van der Waals surface area contributed by atoms with E-state index in [4.69, 9.17) is 5.73 Å². The Kier molecular flexibility index (Phi) is 9.93.